The van der Waals surface area contributed by atoms with Gasteiger partial charge in [-0.1, -0.05) is 31.2 Å². The number of guanidine groups is 1. The molecule has 0 aromatic heterocycles. The quantitative estimate of drug-likeness (QED) is 0.769. The second-order valence-electron chi connectivity index (χ2n) is 7.18. The molecule has 4 rings (SSSR count). The molecule has 0 bridgehead atoms. The Balaban J connectivity index is 1.48. The SMILES string of the molecule is CCc1ccc(S(=O)(=O)N2CCN=C2N2CCN(c3ccccc3F)CC2)cc1. The lowest BCUT2D eigenvalue weighted by molar-refractivity contribution is 0.357. The van der Waals surface area contributed by atoms with E-state index in [2.05, 4.69) is 4.99 Å². The van der Waals surface area contributed by atoms with Crippen molar-refractivity contribution in [2.45, 2.75) is 18.2 Å². The monoisotopic (exact) mass is 416 g/mol. The van der Waals surface area contributed by atoms with Crippen molar-refractivity contribution in [3.63, 3.8) is 0 Å². The van der Waals surface area contributed by atoms with Crippen molar-refractivity contribution in [3.8, 4) is 0 Å². The van der Waals surface area contributed by atoms with Crippen molar-refractivity contribution in [2.75, 3.05) is 44.2 Å². The molecule has 6 nitrogen and oxygen atoms in total. The number of hydrogen-bond donors (Lipinski definition) is 0. The van der Waals surface area contributed by atoms with E-state index in [1.54, 1.807) is 24.3 Å². The minimum absolute atomic E-state index is 0.237. The average molecular weight is 417 g/mol. The third-order valence-electron chi connectivity index (χ3n) is 5.45. The van der Waals surface area contributed by atoms with Crippen LogP contribution < -0.4 is 4.90 Å². The molecule has 1 fully saturated rings. The summed E-state index contributed by atoms with van der Waals surface area (Å²) in [6, 6.07) is 13.8. The van der Waals surface area contributed by atoms with Gasteiger partial charge in [0.25, 0.3) is 10.0 Å². The number of benzene rings is 2. The van der Waals surface area contributed by atoms with Gasteiger partial charge in [-0.05, 0) is 36.2 Å². The highest BCUT2D eigenvalue weighted by Crippen LogP contribution is 2.24. The van der Waals surface area contributed by atoms with Gasteiger partial charge >= 0.3 is 0 Å². The lowest BCUT2D eigenvalue weighted by atomic mass is 10.2. The zero-order valence-corrected chi connectivity index (χ0v) is 17.3. The van der Waals surface area contributed by atoms with Crippen molar-refractivity contribution in [1.82, 2.24) is 9.21 Å². The fourth-order valence-corrected chi connectivity index (χ4v) is 5.23. The minimum atomic E-state index is -3.65. The van der Waals surface area contributed by atoms with E-state index in [1.165, 1.54) is 10.4 Å². The van der Waals surface area contributed by atoms with Crippen LogP contribution in [-0.2, 0) is 16.4 Å². The number of halogens is 1. The highest BCUT2D eigenvalue weighted by atomic mass is 32.2. The summed E-state index contributed by atoms with van der Waals surface area (Å²) in [5.74, 6) is 0.261. The predicted molar refractivity (Wildman–Crippen MR) is 112 cm³/mol. The van der Waals surface area contributed by atoms with Crippen molar-refractivity contribution >= 4 is 21.7 Å². The molecular formula is C21H25FN4O2S. The Hall–Kier alpha value is -2.61. The van der Waals surface area contributed by atoms with Crippen LogP contribution in [0, 0.1) is 5.82 Å². The molecule has 2 heterocycles. The normalized spacial score (nSPS) is 17.6. The number of sulfonamides is 1. The second-order valence-corrected chi connectivity index (χ2v) is 9.04. The average Bonchev–Trinajstić information content (AvgIpc) is 3.25. The van der Waals surface area contributed by atoms with Gasteiger partial charge in [-0.3, -0.25) is 4.99 Å². The van der Waals surface area contributed by atoms with E-state index in [-0.39, 0.29) is 10.7 Å². The summed E-state index contributed by atoms with van der Waals surface area (Å²) in [7, 11) is -3.65. The van der Waals surface area contributed by atoms with Gasteiger partial charge in [0.15, 0.2) is 0 Å². The number of piperazine rings is 1. The Morgan fingerprint density at radius 1 is 0.931 bits per heavy atom. The molecule has 0 aliphatic carbocycles. The van der Waals surface area contributed by atoms with Crippen molar-refractivity contribution in [3.05, 3.63) is 59.9 Å². The minimum Gasteiger partial charge on any atom is -0.366 e. The largest absolute Gasteiger partial charge is 0.366 e. The van der Waals surface area contributed by atoms with Crippen molar-refractivity contribution in [1.29, 1.82) is 0 Å². The molecule has 154 valence electrons. The number of anilines is 1. The molecular weight excluding hydrogens is 391 g/mol. The first-order chi connectivity index (χ1) is 14.0. The van der Waals surface area contributed by atoms with E-state index in [1.807, 2.05) is 34.9 Å². The molecule has 0 radical (unpaired) electrons. The maximum absolute atomic E-state index is 14.1. The maximum Gasteiger partial charge on any atom is 0.266 e. The third kappa shape index (κ3) is 3.81. The van der Waals surface area contributed by atoms with Crippen LogP contribution >= 0.6 is 0 Å². The number of hydrogen-bond acceptors (Lipinski definition) is 5. The van der Waals surface area contributed by atoms with Crippen LogP contribution in [0.1, 0.15) is 12.5 Å². The number of aliphatic imine (C=N–C) groups is 1. The van der Waals surface area contributed by atoms with Crippen LogP contribution in [0.3, 0.4) is 0 Å². The molecule has 2 aromatic rings. The van der Waals surface area contributed by atoms with Crippen LogP contribution in [0.5, 0.6) is 0 Å². The van der Waals surface area contributed by atoms with Crippen LogP contribution in [0.25, 0.3) is 0 Å². The molecule has 0 spiro atoms. The standard InChI is InChI=1S/C21H25FN4O2S/c1-2-17-7-9-18(10-8-17)29(27,28)26-12-11-23-21(26)25-15-13-24(14-16-25)20-6-4-3-5-19(20)22/h3-10H,2,11-16H2,1H3. The summed E-state index contributed by atoms with van der Waals surface area (Å²) in [5, 5.41) is 0. The molecule has 0 atom stereocenters. The van der Waals surface area contributed by atoms with E-state index >= 15 is 0 Å². The van der Waals surface area contributed by atoms with Gasteiger partial charge in [-0.2, -0.15) is 0 Å². The summed E-state index contributed by atoms with van der Waals surface area (Å²) >= 11 is 0. The summed E-state index contributed by atoms with van der Waals surface area (Å²) in [6.07, 6.45) is 0.864. The lowest BCUT2D eigenvalue weighted by Gasteiger charge is -2.38. The highest BCUT2D eigenvalue weighted by molar-refractivity contribution is 7.89. The zero-order valence-electron chi connectivity index (χ0n) is 16.5. The molecule has 8 heteroatoms. The summed E-state index contributed by atoms with van der Waals surface area (Å²) < 4.78 is 41.8. The first-order valence-corrected chi connectivity index (χ1v) is 11.4. The van der Waals surface area contributed by atoms with E-state index in [0.717, 1.165) is 12.0 Å². The van der Waals surface area contributed by atoms with Gasteiger partial charge in [0.05, 0.1) is 23.7 Å². The van der Waals surface area contributed by atoms with Gasteiger partial charge in [-0.15, -0.1) is 0 Å². The van der Waals surface area contributed by atoms with Gasteiger partial charge < -0.3 is 9.80 Å². The van der Waals surface area contributed by atoms with Crippen molar-refractivity contribution in [2.24, 2.45) is 4.99 Å². The smallest absolute Gasteiger partial charge is 0.266 e. The first kappa shape index (κ1) is 19.7. The van der Waals surface area contributed by atoms with Crippen molar-refractivity contribution < 1.29 is 12.8 Å². The molecule has 29 heavy (non-hydrogen) atoms. The number of rotatable bonds is 4. The maximum atomic E-state index is 14.1. The van der Waals surface area contributed by atoms with Gasteiger partial charge in [-0.25, -0.2) is 17.1 Å². The molecule has 2 aromatic carbocycles. The highest BCUT2D eigenvalue weighted by Gasteiger charge is 2.35. The summed E-state index contributed by atoms with van der Waals surface area (Å²) in [6.45, 7) is 5.24. The molecule has 0 N–H and O–H groups in total. The summed E-state index contributed by atoms with van der Waals surface area (Å²) in [5.41, 5.74) is 1.68. The molecule has 0 unspecified atom stereocenters. The Labute approximate surface area is 171 Å². The fraction of sp³-hybridized carbons (Fsp3) is 0.381. The third-order valence-corrected chi connectivity index (χ3v) is 7.25. The van der Waals surface area contributed by atoms with Crippen LogP contribution in [0.4, 0.5) is 10.1 Å². The second kappa shape index (κ2) is 8.02. The first-order valence-electron chi connectivity index (χ1n) is 9.91. The Kier molecular flexibility index (Phi) is 5.45. The van der Waals surface area contributed by atoms with E-state index in [0.29, 0.717) is 50.9 Å². The number of para-hydroxylation sites is 1. The topological polar surface area (TPSA) is 56.2 Å². The van der Waals surface area contributed by atoms with Gasteiger partial charge in [0.2, 0.25) is 5.96 Å². The van der Waals surface area contributed by atoms with Crippen LogP contribution in [0.15, 0.2) is 58.4 Å². The molecule has 0 saturated carbocycles. The van der Waals surface area contributed by atoms with E-state index in [4.69, 9.17) is 0 Å². The van der Waals surface area contributed by atoms with E-state index < -0.39 is 10.0 Å². The van der Waals surface area contributed by atoms with E-state index in [9.17, 15) is 12.8 Å². The Morgan fingerprint density at radius 3 is 2.24 bits per heavy atom. The van der Waals surface area contributed by atoms with Crippen LogP contribution in [0.2, 0.25) is 0 Å². The number of aryl methyl sites for hydroxylation is 1. The fourth-order valence-electron chi connectivity index (χ4n) is 3.79. The predicted octanol–water partition coefficient (Wildman–Crippen LogP) is 2.57. The lowest BCUT2D eigenvalue weighted by Crippen LogP contribution is -2.53. The molecule has 2 aliphatic heterocycles. The molecule has 1 saturated heterocycles. The number of nitrogens with zero attached hydrogens (tertiary/aromatic N) is 4. The van der Waals surface area contributed by atoms with Crippen LogP contribution in [-0.4, -0.2) is 62.9 Å². The molecule has 2 aliphatic rings. The van der Waals surface area contributed by atoms with Gasteiger partial charge in [0.1, 0.15) is 5.82 Å². The summed E-state index contributed by atoms with van der Waals surface area (Å²) in [4.78, 5) is 8.74. The zero-order chi connectivity index (χ0) is 20.4. The Bertz CT molecular complexity index is 1000. The Morgan fingerprint density at radius 2 is 1.59 bits per heavy atom. The molecule has 0 amide bonds. The van der Waals surface area contributed by atoms with Gasteiger partial charge in [0, 0.05) is 26.2 Å².